The molecule has 0 atom stereocenters. The zero-order valence-electron chi connectivity index (χ0n) is 7.47. The number of rotatable bonds is 2. The van der Waals surface area contributed by atoms with E-state index in [0.29, 0.717) is 17.1 Å². The van der Waals surface area contributed by atoms with E-state index >= 15 is 0 Å². The van der Waals surface area contributed by atoms with Crippen LogP contribution < -0.4 is 0 Å². The van der Waals surface area contributed by atoms with Gasteiger partial charge in [-0.3, -0.25) is 4.98 Å². The Morgan fingerprint density at radius 2 is 2.21 bits per heavy atom. The van der Waals surface area contributed by atoms with Crippen LogP contribution in [0.15, 0.2) is 34.3 Å². The number of pyridine rings is 1. The minimum atomic E-state index is 0.297. The normalized spacial score (nSPS) is 10.1. The van der Waals surface area contributed by atoms with Crippen molar-refractivity contribution < 1.29 is 4.42 Å². The second kappa shape index (κ2) is 3.37. The molecule has 0 aliphatic rings. The first-order chi connectivity index (χ1) is 6.81. The van der Waals surface area contributed by atoms with Crippen LogP contribution in [0.5, 0.6) is 0 Å². The van der Waals surface area contributed by atoms with E-state index in [1.807, 2.05) is 6.92 Å². The summed E-state index contributed by atoms with van der Waals surface area (Å²) in [5.74, 6) is 0.613. The topological polar surface area (TPSA) is 68.3 Å². The van der Waals surface area contributed by atoms with Crippen LogP contribution in [0, 0.1) is 11.8 Å². The van der Waals surface area contributed by atoms with Crippen LogP contribution in [0.2, 0.25) is 0 Å². The Labute approximate surface area is 79.8 Å². The molecule has 14 heavy (non-hydrogen) atoms. The molecule has 2 aromatic rings. The molecule has 0 bridgehead atoms. The van der Waals surface area contributed by atoms with Crippen molar-refractivity contribution in [2.75, 3.05) is 0 Å². The second-order valence-electron chi connectivity index (χ2n) is 2.76. The quantitative estimate of drug-likeness (QED) is 0.680. The van der Waals surface area contributed by atoms with Gasteiger partial charge in [0.05, 0.1) is 11.9 Å². The van der Waals surface area contributed by atoms with Crippen LogP contribution >= 0.6 is 0 Å². The molecule has 0 fully saturated rings. The molecule has 0 unspecified atom stereocenters. The van der Waals surface area contributed by atoms with E-state index in [1.165, 1.54) is 12.6 Å². The van der Waals surface area contributed by atoms with Gasteiger partial charge in [0.1, 0.15) is 11.4 Å². The molecule has 0 N–H and O–H groups in total. The Morgan fingerprint density at radius 1 is 1.36 bits per heavy atom. The van der Waals surface area contributed by atoms with Crippen molar-refractivity contribution in [3.63, 3.8) is 0 Å². The van der Waals surface area contributed by atoms with Crippen LogP contribution in [0.4, 0.5) is 5.69 Å². The number of hydrogen-bond donors (Lipinski definition) is 0. The number of nitrogens with zero attached hydrogens (tertiary/aromatic N) is 3. The molecule has 5 heteroatoms. The Balaban J connectivity index is 2.43. The maximum Gasteiger partial charge on any atom is 0.181 e. The molecule has 2 heterocycles. The van der Waals surface area contributed by atoms with E-state index in [-0.39, 0.29) is 0 Å². The molecular formula is C9H7N3O2. The molecular weight excluding hydrogens is 182 g/mol. The van der Waals surface area contributed by atoms with E-state index in [9.17, 15) is 4.91 Å². The molecule has 0 saturated carbocycles. The SMILES string of the molecule is Cc1ncoc1-c1ccc(N=O)cn1. The summed E-state index contributed by atoms with van der Waals surface area (Å²) < 4.78 is 5.14. The predicted octanol–water partition coefficient (Wildman–Crippen LogP) is 2.44. The van der Waals surface area contributed by atoms with Gasteiger partial charge in [-0.25, -0.2) is 4.98 Å². The molecule has 2 aromatic heterocycles. The summed E-state index contributed by atoms with van der Waals surface area (Å²) in [7, 11) is 0. The summed E-state index contributed by atoms with van der Waals surface area (Å²) in [6, 6.07) is 3.25. The highest BCUT2D eigenvalue weighted by Gasteiger charge is 2.07. The summed E-state index contributed by atoms with van der Waals surface area (Å²) >= 11 is 0. The van der Waals surface area contributed by atoms with Gasteiger partial charge in [-0.15, -0.1) is 4.91 Å². The van der Waals surface area contributed by atoms with Gasteiger partial charge >= 0.3 is 0 Å². The van der Waals surface area contributed by atoms with Crippen molar-refractivity contribution in [1.82, 2.24) is 9.97 Å². The van der Waals surface area contributed by atoms with Gasteiger partial charge in [-0.05, 0) is 24.2 Å². The molecule has 0 aliphatic heterocycles. The zero-order valence-corrected chi connectivity index (χ0v) is 7.47. The van der Waals surface area contributed by atoms with Gasteiger partial charge in [-0.1, -0.05) is 0 Å². The van der Waals surface area contributed by atoms with Crippen LogP contribution in [-0.4, -0.2) is 9.97 Å². The van der Waals surface area contributed by atoms with Gasteiger partial charge in [0.15, 0.2) is 12.2 Å². The maximum absolute atomic E-state index is 10.1. The fourth-order valence-electron chi connectivity index (χ4n) is 1.12. The lowest BCUT2D eigenvalue weighted by Crippen LogP contribution is -1.82. The van der Waals surface area contributed by atoms with Crippen molar-refractivity contribution in [3.05, 3.63) is 35.3 Å². The number of aryl methyl sites for hydroxylation is 1. The molecule has 0 aliphatic carbocycles. The van der Waals surface area contributed by atoms with Crippen LogP contribution in [0.1, 0.15) is 5.69 Å². The average Bonchev–Trinajstić information content (AvgIpc) is 2.65. The first-order valence-electron chi connectivity index (χ1n) is 4.01. The van der Waals surface area contributed by atoms with Gasteiger partial charge in [0.25, 0.3) is 0 Å². The van der Waals surface area contributed by atoms with E-state index in [4.69, 9.17) is 4.42 Å². The highest BCUT2D eigenvalue weighted by atomic mass is 16.3. The number of aromatic nitrogens is 2. The van der Waals surface area contributed by atoms with Crippen LogP contribution in [0.25, 0.3) is 11.5 Å². The molecule has 0 spiro atoms. The van der Waals surface area contributed by atoms with E-state index in [1.54, 1.807) is 12.1 Å². The number of hydrogen-bond acceptors (Lipinski definition) is 5. The molecule has 70 valence electrons. The van der Waals surface area contributed by atoms with E-state index < -0.39 is 0 Å². The first-order valence-corrected chi connectivity index (χ1v) is 4.01. The Hall–Kier alpha value is -2.04. The third kappa shape index (κ3) is 1.39. The Bertz CT molecular complexity index is 447. The van der Waals surface area contributed by atoms with Crippen molar-refractivity contribution in [2.45, 2.75) is 6.92 Å². The van der Waals surface area contributed by atoms with Crippen molar-refractivity contribution >= 4 is 5.69 Å². The van der Waals surface area contributed by atoms with Gasteiger partial charge in [-0.2, -0.15) is 0 Å². The minimum absolute atomic E-state index is 0.297. The molecule has 5 nitrogen and oxygen atoms in total. The Morgan fingerprint density at radius 3 is 2.71 bits per heavy atom. The fraction of sp³-hybridized carbons (Fsp3) is 0.111. The standard InChI is InChI=1S/C9H7N3O2/c1-6-9(14-5-11-6)8-3-2-7(12-13)4-10-8/h2-5H,1H3. The largest absolute Gasteiger partial charge is 0.442 e. The number of oxazole rings is 1. The number of nitroso groups, excluding NO2 is 1. The van der Waals surface area contributed by atoms with Gasteiger partial charge < -0.3 is 4.42 Å². The first kappa shape index (κ1) is 8.55. The van der Waals surface area contributed by atoms with Crippen molar-refractivity contribution in [3.8, 4) is 11.5 Å². The third-order valence-corrected chi connectivity index (χ3v) is 1.83. The monoisotopic (exact) mass is 189 g/mol. The fourth-order valence-corrected chi connectivity index (χ4v) is 1.12. The molecule has 0 saturated heterocycles. The summed E-state index contributed by atoms with van der Waals surface area (Å²) in [5, 5.41) is 2.76. The second-order valence-corrected chi connectivity index (χ2v) is 2.76. The third-order valence-electron chi connectivity index (χ3n) is 1.83. The van der Waals surface area contributed by atoms with E-state index in [0.717, 1.165) is 5.69 Å². The van der Waals surface area contributed by atoms with Crippen LogP contribution in [0.3, 0.4) is 0 Å². The Kier molecular flexibility index (Phi) is 2.06. The highest BCUT2D eigenvalue weighted by molar-refractivity contribution is 5.56. The van der Waals surface area contributed by atoms with E-state index in [2.05, 4.69) is 15.1 Å². The lowest BCUT2D eigenvalue weighted by Gasteiger charge is -1.95. The zero-order chi connectivity index (χ0) is 9.97. The van der Waals surface area contributed by atoms with Gasteiger partial charge in [0, 0.05) is 0 Å². The van der Waals surface area contributed by atoms with Crippen molar-refractivity contribution in [1.29, 1.82) is 0 Å². The summed E-state index contributed by atoms with van der Waals surface area (Å²) in [4.78, 5) is 18.1. The summed E-state index contributed by atoms with van der Waals surface area (Å²) in [6.45, 7) is 1.83. The highest BCUT2D eigenvalue weighted by Crippen LogP contribution is 2.21. The molecule has 0 amide bonds. The smallest absolute Gasteiger partial charge is 0.181 e. The minimum Gasteiger partial charge on any atom is -0.442 e. The van der Waals surface area contributed by atoms with Crippen molar-refractivity contribution in [2.24, 2.45) is 5.18 Å². The lowest BCUT2D eigenvalue weighted by molar-refractivity contribution is 0.569. The molecule has 2 rings (SSSR count). The molecule has 0 radical (unpaired) electrons. The summed E-state index contributed by atoms with van der Waals surface area (Å²) in [5.41, 5.74) is 1.71. The van der Waals surface area contributed by atoms with Gasteiger partial charge in [0.2, 0.25) is 0 Å². The predicted molar refractivity (Wildman–Crippen MR) is 49.9 cm³/mol. The molecule has 0 aromatic carbocycles. The van der Waals surface area contributed by atoms with Crippen LogP contribution in [-0.2, 0) is 0 Å². The average molecular weight is 189 g/mol. The lowest BCUT2D eigenvalue weighted by atomic mass is 10.2. The summed E-state index contributed by atoms with van der Waals surface area (Å²) in [6.07, 6.45) is 2.75. The maximum atomic E-state index is 10.1.